The molecule has 0 radical (unpaired) electrons. The van der Waals surface area contributed by atoms with Crippen LogP contribution in [0.2, 0.25) is 0 Å². The summed E-state index contributed by atoms with van der Waals surface area (Å²) < 4.78 is 34.0. The molecule has 1 heterocycles. The van der Waals surface area contributed by atoms with Crippen molar-refractivity contribution in [1.29, 1.82) is 0 Å². The Morgan fingerprint density at radius 3 is 2.32 bits per heavy atom. The van der Waals surface area contributed by atoms with E-state index in [0.717, 1.165) is 38.9 Å². The maximum absolute atomic E-state index is 13.2. The number of carbonyl (C=O) groups is 1. The Hall–Kier alpha value is -3.52. The zero-order chi connectivity index (χ0) is 24.5. The van der Waals surface area contributed by atoms with Gasteiger partial charge in [-0.25, -0.2) is 8.42 Å². The molecule has 7 nitrogen and oxygen atoms in total. The number of hydrogen-bond acceptors (Lipinski definition) is 4. The number of rotatable bonds is 8. The molecular formula is C26H29N3O4S. The van der Waals surface area contributed by atoms with Crippen LogP contribution in [0.4, 0.5) is 11.4 Å². The standard InChI is InChI=1S/C26H29N3O4S/c1-5-28-24-10-8-7-9-22(24)23-17-19(11-16-25(23)28)27-26(30)18(3)29(34(4,31)32)20-12-14-21(15-13-20)33-6-2/h7-18H,5-6H2,1-4H3,(H,27,30)/t18-/m1/s1. The normalized spacial score (nSPS) is 12.6. The second-order valence-electron chi connectivity index (χ2n) is 8.14. The number of fused-ring (bicyclic) bond motifs is 3. The summed E-state index contributed by atoms with van der Waals surface area (Å²) in [7, 11) is -3.71. The van der Waals surface area contributed by atoms with Gasteiger partial charge >= 0.3 is 0 Å². The highest BCUT2D eigenvalue weighted by Gasteiger charge is 2.29. The SMILES string of the molecule is CCOc1ccc(N([C@H](C)C(=O)Nc2ccc3c(c2)c2ccccc2n3CC)S(C)(=O)=O)cc1. The first-order chi connectivity index (χ1) is 16.2. The summed E-state index contributed by atoms with van der Waals surface area (Å²) in [5, 5.41) is 5.04. The van der Waals surface area contributed by atoms with E-state index in [0.29, 0.717) is 23.7 Å². The fourth-order valence-electron chi connectivity index (χ4n) is 4.38. The van der Waals surface area contributed by atoms with Crippen LogP contribution in [0, 0.1) is 0 Å². The Morgan fingerprint density at radius 1 is 1.00 bits per heavy atom. The third kappa shape index (κ3) is 4.46. The fraction of sp³-hybridized carbons (Fsp3) is 0.269. The zero-order valence-electron chi connectivity index (χ0n) is 19.8. The van der Waals surface area contributed by atoms with Crippen LogP contribution < -0.4 is 14.4 Å². The highest BCUT2D eigenvalue weighted by atomic mass is 32.2. The number of amides is 1. The Morgan fingerprint density at radius 2 is 1.68 bits per heavy atom. The quantitative estimate of drug-likeness (QED) is 0.385. The van der Waals surface area contributed by atoms with Gasteiger partial charge in [0.25, 0.3) is 0 Å². The minimum atomic E-state index is -3.71. The number of para-hydroxylation sites is 1. The molecule has 8 heteroatoms. The third-order valence-electron chi connectivity index (χ3n) is 5.85. The lowest BCUT2D eigenvalue weighted by atomic mass is 10.1. The van der Waals surface area contributed by atoms with E-state index >= 15 is 0 Å². The number of ether oxygens (including phenoxy) is 1. The number of sulfonamides is 1. The maximum Gasteiger partial charge on any atom is 0.247 e. The second kappa shape index (κ2) is 9.38. The van der Waals surface area contributed by atoms with Gasteiger partial charge in [-0.05, 0) is 69.3 Å². The van der Waals surface area contributed by atoms with Gasteiger partial charge < -0.3 is 14.6 Å². The molecule has 4 aromatic rings. The van der Waals surface area contributed by atoms with Crippen LogP contribution in [-0.4, -0.2) is 37.8 Å². The van der Waals surface area contributed by atoms with E-state index in [1.807, 2.05) is 37.3 Å². The van der Waals surface area contributed by atoms with Crippen molar-refractivity contribution in [3.8, 4) is 5.75 Å². The van der Waals surface area contributed by atoms with Crippen LogP contribution >= 0.6 is 0 Å². The molecule has 1 aromatic heterocycles. The van der Waals surface area contributed by atoms with Gasteiger partial charge in [-0.15, -0.1) is 0 Å². The molecule has 0 aliphatic carbocycles. The first-order valence-electron chi connectivity index (χ1n) is 11.3. The van der Waals surface area contributed by atoms with Crippen molar-refractivity contribution in [2.24, 2.45) is 0 Å². The number of nitrogens with zero attached hydrogens (tertiary/aromatic N) is 2. The predicted molar refractivity (Wildman–Crippen MR) is 138 cm³/mol. The predicted octanol–water partition coefficient (Wildman–Crippen LogP) is 5.01. The van der Waals surface area contributed by atoms with E-state index in [4.69, 9.17) is 4.74 Å². The molecule has 3 aromatic carbocycles. The van der Waals surface area contributed by atoms with E-state index in [-0.39, 0.29) is 0 Å². The van der Waals surface area contributed by atoms with Crippen LogP contribution in [-0.2, 0) is 21.4 Å². The molecule has 0 unspecified atom stereocenters. The first-order valence-corrected chi connectivity index (χ1v) is 13.1. The topological polar surface area (TPSA) is 80.6 Å². The van der Waals surface area contributed by atoms with Gasteiger partial charge in [-0.2, -0.15) is 0 Å². The molecule has 0 fully saturated rings. The molecule has 1 atom stereocenters. The number of anilines is 2. The monoisotopic (exact) mass is 479 g/mol. The van der Waals surface area contributed by atoms with Crippen molar-refractivity contribution < 1.29 is 17.9 Å². The van der Waals surface area contributed by atoms with E-state index in [1.54, 1.807) is 31.2 Å². The molecule has 0 bridgehead atoms. The van der Waals surface area contributed by atoms with Gasteiger partial charge in [0.15, 0.2) is 0 Å². The highest BCUT2D eigenvalue weighted by Crippen LogP contribution is 2.31. The smallest absolute Gasteiger partial charge is 0.247 e. The summed E-state index contributed by atoms with van der Waals surface area (Å²) in [6.45, 7) is 6.89. The molecule has 178 valence electrons. The van der Waals surface area contributed by atoms with E-state index in [9.17, 15) is 13.2 Å². The van der Waals surface area contributed by atoms with Gasteiger partial charge in [-0.3, -0.25) is 9.10 Å². The minimum Gasteiger partial charge on any atom is -0.494 e. The summed E-state index contributed by atoms with van der Waals surface area (Å²) in [6, 6.07) is 19.6. The van der Waals surface area contributed by atoms with E-state index in [1.165, 1.54) is 0 Å². The van der Waals surface area contributed by atoms with Crippen LogP contribution in [0.25, 0.3) is 21.8 Å². The lowest BCUT2D eigenvalue weighted by Gasteiger charge is -2.28. The van der Waals surface area contributed by atoms with Crippen molar-refractivity contribution in [3.05, 3.63) is 66.7 Å². The molecule has 1 amide bonds. The van der Waals surface area contributed by atoms with Crippen molar-refractivity contribution in [1.82, 2.24) is 4.57 Å². The summed E-state index contributed by atoms with van der Waals surface area (Å²) >= 11 is 0. The van der Waals surface area contributed by atoms with Crippen molar-refractivity contribution in [3.63, 3.8) is 0 Å². The lowest BCUT2D eigenvalue weighted by Crippen LogP contribution is -2.45. The van der Waals surface area contributed by atoms with Gasteiger partial charge in [0.2, 0.25) is 15.9 Å². The Bertz CT molecular complexity index is 1440. The minimum absolute atomic E-state index is 0.398. The summed E-state index contributed by atoms with van der Waals surface area (Å²) in [6.07, 6.45) is 1.10. The van der Waals surface area contributed by atoms with Crippen molar-refractivity contribution in [2.45, 2.75) is 33.4 Å². The Balaban J connectivity index is 1.64. The molecule has 0 saturated carbocycles. The zero-order valence-corrected chi connectivity index (χ0v) is 20.6. The molecule has 0 aliphatic rings. The summed E-state index contributed by atoms with van der Waals surface area (Å²) in [4.78, 5) is 13.2. The molecule has 34 heavy (non-hydrogen) atoms. The third-order valence-corrected chi connectivity index (χ3v) is 7.09. The number of hydrogen-bond donors (Lipinski definition) is 1. The Labute approximate surface area is 200 Å². The second-order valence-corrected chi connectivity index (χ2v) is 10.0. The highest BCUT2D eigenvalue weighted by molar-refractivity contribution is 7.92. The van der Waals surface area contributed by atoms with E-state index in [2.05, 4.69) is 28.9 Å². The van der Waals surface area contributed by atoms with Gasteiger partial charge in [0.05, 0.1) is 18.6 Å². The lowest BCUT2D eigenvalue weighted by molar-refractivity contribution is -0.116. The largest absolute Gasteiger partial charge is 0.494 e. The molecule has 0 spiro atoms. The average molecular weight is 480 g/mol. The number of nitrogens with one attached hydrogen (secondary N) is 1. The maximum atomic E-state index is 13.2. The Kier molecular flexibility index (Phi) is 6.52. The number of carbonyl (C=O) groups excluding carboxylic acids is 1. The van der Waals surface area contributed by atoms with Crippen LogP contribution in [0.15, 0.2) is 66.7 Å². The average Bonchev–Trinajstić information content (AvgIpc) is 3.12. The molecule has 4 rings (SSSR count). The fourth-order valence-corrected chi connectivity index (χ4v) is 5.56. The summed E-state index contributed by atoms with van der Waals surface area (Å²) in [5.74, 6) is 0.217. The van der Waals surface area contributed by atoms with Gasteiger partial charge in [0, 0.05) is 34.0 Å². The molecule has 0 aliphatic heterocycles. The number of benzene rings is 3. The molecule has 1 N–H and O–H groups in total. The van der Waals surface area contributed by atoms with Crippen LogP contribution in [0.5, 0.6) is 5.75 Å². The van der Waals surface area contributed by atoms with E-state index < -0.39 is 22.0 Å². The van der Waals surface area contributed by atoms with Gasteiger partial charge in [0.1, 0.15) is 11.8 Å². The van der Waals surface area contributed by atoms with Crippen LogP contribution in [0.3, 0.4) is 0 Å². The van der Waals surface area contributed by atoms with Gasteiger partial charge in [-0.1, -0.05) is 18.2 Å². The van der Waals surface area contributed by atoms with Crippen molar-refractivity contribution in [2.75, 3.05) is 22.5 Å². The first kappa shape index (κ1) is 23.6. The number of aromatic nitrogens is 1. The molecule has 0 saturated heterocycles. The number of aryl methyl sites for hydroxylation is 1. The summed E-state index contributed by atoms with van der Waals surface area (Å²) in [5.41, 5.74) is 3.23. The van der Waals surface area contributed by atoms with Crippen LogP contribution in [0.1, 0.15) is 20.8 Å². The van der Waals surface area contributed by atoms with Crippen molar-refractivity contribution >= 4 is 49.1 Å². The molecular weight excluding hydrogens is 450 g/mol.